The maximum absolute atomic E-state index is 5.48. The van der Waals surface area contributed by atoms with Gasteiger partial charge in [0.1, 0.15) is 0 Å². The van der Waals surface area contributed by atoms with E-state index in [2.05, 4.69) is 16.8 Å². The molecule has 3 heteroatoms. The van der Waals surface area contributed by atoms with Gasteiger partial charge in [0.25, 0.3) is 0 Å². The summed E-state index contributed by atoms with van der Waals surface area (Å²) in [6.45, 7) is 13.0. The van der Waals surface area contributed by atoms with Crippen molar-refractivity contribution in [2.45, 2.75) is 13.3 Å². The summed E-state index contributed by atoms with van der Waals surface area (Å²) >= 11 is 0. The van der Waals surface area contributed by atoms with E-state index in [0.29, 0.717) is 6.61 Å². The standard InChI is InChI=1S/C11H22N2O/c1-11(2)10-14-9-8-13-6-3-4-12-5-7-13/h12H,1,3-10H2,2H3. The molecule has 1 aliphatic heterocycles. The number of rotatable bonds is 5. The topological polar surface area (TPSA) is 24.5 Å². The maximum Gasteiger partial charge on any atom is 0.0672 e. The van der Waals surface area contributed by atoms with E-state index < -0.39 is 0 Å². The highest BCUT2D eigenvalue weighted by Gasteiger charge is 2.07. The Hall–Kier alpha value is -0.380. The third-order valence-corrected chi connectivity index (χ3v) is 2.33. The van der Waals surface area contributed by atoms with Gasteiger partial charge in [0.05, 0.1) is 13.2 Å². The fourth-order valence-corrected chi connectivity index (χ4v) is 1.57. The van der Waals surface area contributed by atoms with Gasteiger partial charge in [0, 0.05) is 19.6 Å². The van der Waals surface area contributed by atoms with Crippen molar-refractivity contribution in [2.75, 3.05) is 45.9 Å². The van der Waals surface area contributed by atoms with E-state index in [1.807, 2.05) is 6.92 Å². The van der Waals surface area contributed by atoms with E-state index in [9.17, 15) is 0 Å². The second-order valence-corrected chi connectivity index (χ2v) is 3.95. The Balaban J connectivity index is 2.01. The number of nitrogens with one attached hydrogen (secondary N) is 1. The molecule has 0 amide bonds. The number of hydrogen-bond acceptors (Lipinski definition) is 3. The lowest BCUT2D eigenvalue weighted by Crippen LogP contribution is -2.31. The summed E-state index contributed by atoms with van der Waals surface area (Å²) in [4.78, 5) is 2.46. The first kappa shape index (κ1) is 11.7. The van der Waals surface area contributed by atoms with Crippen molar-refractivity contribution < 1.29 is 4.74 Å². The number of hydrogen-bond donors (Lipinski definition) is 1. The predicted molar refractivity (Wildman–Crippen MR) is 59.6 cm³/mol. The number of ether oxygens (including phenoxy) is 1. The van der Waals surface area contributed by atoms with E-state index in [1.54, 1.807) is 0 Å². The minimum Gasteiger partial charge on any atom is -0.376 e. The SMILES string of the molecule is C=C(C)COCCN1CCCNCC1. The molecule has 1 saturated heterocycles. The van der Waals surface area contributed by atoms with Crippen LogP contribution in [0.4, 0.5) is 0 Å². The van der Waals surface area contributed by atoms with Crippen LogP contribution >= 0.6 is 0 Å². The fourth-order valence-electron chi connectivity index (χ4n) is 1.57. The van der Waals surface area contributed by atoms with Crippen molar-refractivity contribution in [3.63, 3.8) is 0 Å². The van der Waals surface area contributed by atoms with E-state index in [4.69, 9.17) is 4.74 Å². The first-order valence-corrected chi connectivity index (χ1v) is 5.44. The van der Waals surface area contributed by atoms with E-state index in [-0.39, 0.29) is 0 Å². The summed E-state index contributed by atoms with van der Waals surface area (Å²) in [5.41, 5.74) is 1.10. The first-order valence-electron chi connectivity index (χ1n) is 5.44. The second kappa shape index (κ2) is 6.98. The average molecular weight is 198 g/mol. The van der Waals surface area contributed by atoms with Crippen molar-refractivity contribution in [2.24, 2.45) is 0 Å². The second-order valence-electron chi connectivity index (χ2n) is 3.95. The van der Waals surface area contributed by atoms with Crippen LogP contribution in [0, 0.1) is 0 Å². The van der Waals surface area contributed by atoms with Crippen LogP contribution in [-0.2, 0) is 4.74 Å². The van der Waals surface area contributed by atoms with Crippen LogP contribution in [-0.4, -0.2) is 50.8 Å². The molecule has 1 heterocycles. The molecule has 1 rings (SSSR count). The summed E-state index contributed by atoms with van der Waals surface area (Å²) in [5, 5.41) is 3.39. The monoisotopic (exact) mass is 198 g/mol. The summed E-state index contributed by atoms with van der Waals surface area (Å²) in [5.74, 6) is 0. The van der Waals surface area contributed by atoms with Crippen molar-refractivity contribution in [3.8, 4) is 0 Å². The fraction of sp³-hybridized carbons (Fsp3) is 0.818. The lowest BCUT2D eigenvalue weighted by molar-refractivity contribution is 0.122. The minimum atomic E-state index is 0.700. The van der Waals surface area contributed by atoms with Gasteiger partial charge in [-0.1, -0.05) is 12.2 Å². The molecule has 1 fully saturated rings. The molecule has 1 N–H and O–H groups in total. The van der Waals surface area contributed by atoms with Crippen LogP contribution in [0.2, 0.25) is 0 Å². The molecule has 14 heavy (non-hydrogen) atoms. The highest BCUT2D eigenvalue weighted by molar-refractivity contribution is 4.87. The van der Waals surface area contributed by atoms with Gasteiger partial charge in [-0.05, 0) is 26.4 Å². The summed E-state index contributed by atoms with van der Waals surface area (Å²) in [6, 6.07) is 0. The van der Waals surface area contributed by atoms with Gasteiger partial charge >= 0.3 is 0 Å². The lowest BCUT2D eigenvalue weighted by atomic mass is 10.4. The zero-order valence-electron chi connectivity index (χ0n) is 9.22. The molecule has 0 unspecified atom stereocenters. The van der Waals surface area contributed by atoms with Crippen LogP contribution in [0.5, 0.6) is 0 Å². The van der Waals surface area contributed by atoms with Gasteiger partial charge in [0.15, 0.2) is 0 Å². The molecule has 3 nitrogen and oxygen atoms in total. The van der Waals surface area contributed by atoms with E-state index >= 15 is 0 Å². The van der Waals surface area contributed by atoms with E-state index in [0.717, 1.165) is 38.4 Å². The Bertz CT molecular complexity index is 163. The first-order chi connectivity index (χ1) is 6.79. The molecule has 0 aromatic carbocycles. The van der Waals surface area contributed by atoms with Gasteiger partial charge in [-0.15, -0.1) is 0 Å². The van der Waals surface area contributed by atoms with Gasteiger partial charge in [-0.25, -0.2) is 0 Å². The molecule has 0 aliphatic carbocycles. The Kier molecular flexibility index (Phi) is 5.83. The molecular formula is C11H22N2O. The quantitative estimate of drug-likeness (QED) is 0.524. The zero-order chi connectivity index (χ0) is 10.2. The Morgan fingerprint density at radius 1 is 1.43 bits per heavy atom. The molecule has 0 bridgehead atoms. The number of nitrogens with zero attached hydrogens (tertiary/aromatic N) is 1. The Morgan fingerprint density at radius 2 is 2.29 bits per heavy atom. The van der Waals surface area contributed by atoms with Crippen molar-refractivity contribution >= 4 is 0 Å². The molecule has 82 valence electrons. The molecular weight excluding hydrogens is 176 g/mol. The van der Waals surface area contributed by atoms with Gasteiger partial charge in [0.2, 0.25) is 0 Å². The summed E-state index contributed by atoms with van der Waals surface area (Å²) < 4.78 is 5.48. The van der Waals surface area contributed by atoms with Crippen molar-refractivity contribution in [1.82, 2.24) is 10.2 Å². The lowest BCUT2D eigenvalue weighted by Gasteiger charge is -2.18. The van der Waals surface area contributed by atoms with Crippen molar-refractivity contribution in [1.29, 1.82) is 0 Å². The summed E-state index contributed by atoms with van der Waals surface area (Å²) in [6.07, 6.45) is 1.25. The molecule has 0 aromatic rings. The molecule has 0 atom stereocenters. The van der Waals surface area contributed by atoms with Crippen LogP contribution in [0.15, 0.2) is 12.2 Å². The van der Waals surface area contributed by atoms with Crippen LogP contribution in [0.1, 0.15) is 13.3 Å². The highest BCUT2D eigenvalue weighted by atomic mass is 16.5. The van der Waals surface area contributed by atoms with Crippen LogP contribution in [0.3, 0.4) is 0 Å². The smallest absolute Gasteiger partial charge is 0.0672 e. The molecule has 0 saturated carbocycles. The normalized spacial score (nSPS) is 19.2. The minimum absolute atomic E-state index is 0.700. The third kappa shape index (κ3) is 5.37. The largest absolute Gasteiger partial charge is 0.376 e. The van der Waals surface area contributed by atoms with Crippen LogP contribution < -0.4 is 5.32 Å². The molecule has 1 aliphatic rings. The maximum atomic E-state index is 5.48. The van der Waals surface area contributed by atoms with Gasteiger partial charge < -0.3 is 10.1 Å². The summed E-state index contributed by atoms with van der Waals surface area (Å²) in [7, 11) is 0. The third-order valence-electron chi connectivity index (χ3n) is 2.33. The van der Waals surface area contributed by atoms with Gasteiger partial charge in [-0.3, -0.25) is 4.90 Å². The van der Waals surface area contributed by atoms with Gasteiger partial charge in [-0.2, -0.15) is 0 Å². The Labute approximate surface area is 87.1 Å². The van der Waals surface area contributed by atoms with Crippen molar-refractivity contribution in [3.05, 3.63) is 12.2 Å². The average Bonchev–Trinajstić information content (AvgIpc) is 2.40. The Morgan fingerprint density at radius 3 is 3.07 bits per heavy atom. The van der Waals surface area contributed by atoms with E-state index in [1.165, 1.54) is 13.0 Å². The molecule has 0 aromatic heterocycles. The van der Waals surface area contributed by atoms with Crippen LogP contribution in [0.25, 0.3) is 0 Å². The molecule has 0 spiro atoms. The zero-order valence-corrected chi connectivity index (χ0v) is 9.22. The molecule has 0 radical (unpaired) electrons. The highest BCUT2D eigenvalue weighted by Crippen LogP contribution is 1.95. The predicted octanol–water partition coefficient (Wildman–Crippen LogP) is 0.874.